The summed E-state index contributed by atoms with van der Waals surface area (Å²) >= 11 is 5.97. The summed E-state index contributed by atoms with van der Waals surface area (Å²) in [6.07, 6.45) is -1.29. The molecule has 0 saturated heterocycles. The Labute approximate surface area is 123 Å². The van der Waals surface area contributed by atoms with E-state index in [1.807, 2.05) is 26.0 Å². The van der Waals surface area contributed by atoms with E-state index in [1.165, 1.54) is 0 Å². The molecule has 1 atom stereocenters. The molecule has 0 heterocycles. The smallest absolute Gasteiger partial charge is 0.257 e. The number of hydrogen-bond acceptors (Lipinski definition) is 2. The molecular formula is C16H16ClNO2. The molecule has 0 bridgehead atoms. The van der Waals surface area contributed by atoms with Crippen molar-refractivity contribution in [2.75, 3.05) is 5.32 Å². The normalized spacial score (nSPS) is 12.0. The molecule has 0 aliphatic heterocycles. The van der Waals surface area contributed by atoms with Gasteiger partial charge in [0.15, 0.2) is 6.10 Å². The number of anilines is 1. The van der Waals surface area contributed by atoms with Crippen LogP contribution in [0.4, 0.5) is 5.69 Å². The van der Waals surface area contributed by atoms with Gasteiger partial charge in [0, 0.05) is 16.3 Å². The van der Waals surface area contributed by atoms with Gasteiger partial charge < -0.3 is 10.4 Å². The highest BCUT2D eigenvalue weighted by atomic mass is 35.5. The van der Waals surface area contributed by atoms with Gasteiger partial charge in [-0.25, -0.2) is 0 Å². The third-order valence-electron chi connectivity index (χ3n) is 3.22. The van der Waals surface area contributed by atoms with Crippen LogP contribution in [0.1, 0.15) is 22.8 Å². The van der Waals surface area contributed by atoms with E-state index in [4.69, 9.17) is 11.6 Å². The van der Waals surface area contributed by atoms with Gasteiger partial charge in [0.2, 0.25) is 0 Å². The number of halogens is 1. The summed E-state index contributed by atoms with van der Waals surface area (Å²) in [4.78, 5) is 12.0. The number of aliphatic hydroxyl groups excluding tert-OH is 1. The molecule has 0 fully saturated rings. The minimum Gasteiger partial charge on any atom is -0.378 e. The molecule has 1 unspecified atom stereocenters. The van der Waals surface area contributed by atoms with Crippen LogP contribution in [0.3, 0.4) is 0 Å². The standard InChI is InChI=1S/C16H16ClNO2/c1-10-7-8-12(9-11(10)2)18-16(20)15(19)13-5-3-4-6-14(13)17/h3-9,15,19H,1-2H3,(H,18,20). The first-order valence-corrected chi connectivity index (χ1v) is 6.67. The molecule has 3 nitrogen and oxygen atoms in total. The van der Waals surface area contributed by atoms with Crippen molar-refractivity contribution in [1.82, 2.24) is 0 Å². The van der Waals surface area contributed by atoms with Crippen molar-refractivity contribution in [3.8, 4) is 0 Å². The van der Waals surface area contributed by atoms with Gasteiger partial charge in [-0.15, -0.1) is 0 Å². The van der Waals surface area contributed by atoms with Crippen molar-refractivity contribution < 1.29 is 9.90 Å². The Bertz CT molecular complexity index is 640. The molecule has 0 spiro atoms. The van der Waals surface area contributed by atoms with E-state index < -0.39 is 12.0 Å². The van der Waals surface area contributed by atoms with Crippen LogP contribution < -0.4 is 5.32 Å². The Morgan fingerprint density at radius 1 is 1.15 bits per heavy atom. The third kappa shape index (κ3) is 3.18. The first-order chi connectivity index (χ1) is 9.49. The fourth-order valence-electron chi connectivity index (χ4n) is 1.87. The van der Waals surface area contributed by atoms with E-state index in [0.717, 1.165) is 11.1 Å². The van der Waals surface area contributed by atoms with Crippen LogP contribution in [-0.2, 0) is 4.79 Å². The summed E-state index contributed by atoms with van der Waals surface area (Å²) in [7, 11) is 0. The SMILES string of the molecule is Cc1ccc(NC(=O)C(O)c2ccccc2Cl)cc1C. The Morgan fingerprint density at radius 2 is 1.85 bits per heavy atom. The number of nitrogens with one attached hydrogen (secondary N) is 1. The summed E-state index contributed by atoms with van der Waals surface area (Å²) < 4.78 is 0. The summed E-state index contributed by atoms with van der Waals surface area (Å²) in [5.41, 5.74) is 3.28. The summed E-state index contributed by atoms with van der Waals surface area (Å²) in [6.45, 7) is 3.97. The molecule has 2 aromatic carbocycles. The van der Waals surface area contributed by atoms with E-state index >= 15 is 0 Å². The summed E-state index contributed by atoms with van der Waals surface area (Å²) in [5, 5.41) is 13.1. The van der Waals surface area contributed by atoms with Gasteiger partial charge in [-0.1, -0.05) is 35.9 Å². The van der Waals surface area contributed by atoms with Crippen LogP contribution in [0, 0.1) is 13.8 Å². The minimum absolute atomic E-state index is 0.371. The molecule has 2 N–H and O–H groups in total. The maximum Gasteiger partial charge on any atom is 0.257 e. The first kappa shape index (κ1) is 14.6. The highest BCUT2D eigenvalue weighted by Crippen LogP contribution is 2.24. The Balaban J connectivity index is 2.15. The zero-order valence-electron chi connectivity index (χ0n) is 11.4. The Morgan fingerprint density at radius 3 is 2.50 bits per heavy atom. The second kappa shape index (κ2) is 6.07. The van der Waals surface area contributed by atoms with E-state index in [2.05, 4.69) is 5.32 Å². The monoisotopic (exact) mass is 289 g/mol. The van der Waals surface area contributed by atoms with E-state index in [0.29, 0.717) is 16.3 Å². The summed E-state index contributed by atoms with van der Waals surface area (Å²) in [5.74, 6) is -0.499. The van der Waals surface area contributed by atoms with Crippen molar-refractivity contribution in [2.24, 2.45) is 0 Å². The van der Waals surface area contributed by atoms with Gasteiger partial charge in [-0.05, 0) is 43.2 Å². The van der Waals surface area contributed by atoms with Gasteiger partial charge in [-0.2, -0.15) is 0 Å². The quantitative estimate of drug-likeness (QED) is 0.906. The van der Waals surface area contributed by atoms with E-state index in [1.54, 1.807) is 30.3 Å². The van der Waals surface area contributed by atoms with Crippen molar-refractivity contribution >= 4 is 23.2 Å². The maximum absolute atomic E-state index is 12.0. The van der Waals surface area contributed by atoms with Crippen LogP contribution in [-0.4, -0.2) is 11.0 Å². The Hall–Kier alpha value is -1.84. The number of hydrogen-bond donors (Lipinski definition) is 2. The molecule has 4 heteroatoms. The predicted molar refractivity (Wildman–Crippen MR) is 81.0 cm³/mol. The fraction of sp³-hybridized carbons (Fsp3) is 0.188. The third-order valence-corrected chi connectivity index (χ3v) is 3.57. The molecular weight excluding hydrogens is 274 g/mol. The molecule has 0 aliphatic rings. The zero-order chi connectivity index (χ0) is 14.7. The van der Waals surface area contributed by atoms with Crippen LogP contribution in [0.15, 0.2) is 42.5 Å². The number of amides is 1. The molecule has 2 aromatic rings. The molecule has 0 aromatic heterocycles. The molecule has 104 valence electrons. The second-order valence-electron chi connectivity index (χ2n) is 4.71. The largest absolute Gasteiger partial charge is 0.378 e. The number of rotatable bonds is 3. The van der Waals surface area contributed by atoms with Gasteiger partial charge in [0.05, 0.1) is 0 Å². The van der Waals surface area contributed by atoms with E-state index in [9.17, 15) is 9.90 Å². The molecule has 0 aliphatic carbocycles. The van der Waals surface area contributed by atoms with Gasteiger partial charge >= 0.3 is 0 Å². The second-order valence-corrected chi connectivity index (χ2v) is 5.12. The van der Waals surface area contributed by atoms with Crippen molar-refractivity contribution in [1.29, 1.82) is 0 Å². The van der Waals surface area contributed by atoms with Crippen LogP contribution in [0.2, 0.25) is 5.02 Å². The van der Waals surface area contributed by atoms with Crippen LogP contribution >= 0.6 is 11.6 Å². The van der Waals surface area contributed by atoms with Crippen molar-refractivity contribution in [2.45, 2.75) is 20.0 Å². The van der Waals surface area contributed by atoms with Crippen molar-refractivity contribution in [3.05, 3.63) is 64.2 Å². The number of carbonyl (C=O) groups excluding carboxylic acids is 1. The molecule has 20 heavy (non-hydrogen) atoms. The average Bonchev–Trinajstić information content (AvgIpc) is 2.42. The Kier molecular flexibility index (Phi) is 4.42. The lowest BCUT2D eigenvalue weighted by atomic mass is 10.1. The molecule has 2 rings (SSSR count). The van der Waals surface area contributed by atoms with Gasteiger partial charge in [0.25, 0.3) is 5.91 Å². The highest BCUT2D eigenvalue weighted by Gasteiger charge is 2.19. The lowest BCUT2D eigenvalue weighted by Gasteiger charge is -2.13. The predicted octanol–water partition coefficient (Wildman–Crippen LogP) is 3.63. The number of carbonyl (C=O) groups is 1. The lowest BCUT2D eigenvalue weighted by Crippen LogP contribution is -2.21. The zero-order valence-corrected chi connectivity index (χ0v) is 12.1. The molecule has 0 radical (unpaired) electrons. The van der Waals surface area contributed by atoms with Crippen LogP contribution in [0.25, 0.3) is 0 Å². The van der Waals surface area contributed by atoms with Gasteiger partial charge in [0.1, 0.15) is 0 Å². The number of aryl methyl sites for hydroxylation is 2. The maximum atomic E-state index is 12.0. The molecule has 1 amide bonds. The van der Waals surface area contributed by atoms with E-state index in [-0.39, 0.29) is 0 Å². The lowest BCUT2D eigenvalue weighted by molar-refractivity contribution is -0.124. The van der Waals surface area contributed by atoms with Gasteiger partial charge in [-0.3, -0.25) is 4.79 Å². The highest BCUT2D eigenvalue weighted by molar-refractivity contribution is 6.31. The average molecular weight is 290 g/mol. The first-order valence-electron chi connectivity index (χ1n) is 6.29. The number of aliphatic hydroxyl groups is 1. The van der Waals surface area contributed by atoms with Crippen LogP contribution in [0.5, 0.6) is 0 Å². The fourth-order valence-corrected chi connectivity index (χ4v) is 2.11. The topological polar surface area (TPSA) is 49.3 Å². The summed E-state index contributed by atoms with van der Waals surface area (Å²) in [6, 6.07) is 12.4. The van der Waals surface area contributed by atoms with Crippen molar-refractivity contribution in [3.63, 3.8) is 0 Å². The molecule has 0 saturated carbocycles. The minimum atomic E-state index is -1.29. The number of benzene rings is 2.